The topological polar surface area (TPSA) is 138 Å². The molecule has 0 aromatic rings. The van der Waals surface area contributed by atoms with E-state index in [1.165, 1.54) is 21.0 Å². The first kappa shape index (κ1) is 25.9. The van der Waals surface area contributed by atoms with Crippen LogP contribution in [0.2, 0.25) is 0 Å². The summed E-state index contributed by atoms with van der Waals surface area (Å²) in [4.78, 5) is 0. The highest BCUT2D eigenvalue weighted by molar-refractivity contribution is 5.19. The van der Waals surface area contributed by atoms with Crippen LogP contribution in [0.5, 0.6) is 0 Å². The highest BCUT2D eigenvalue weighted by Gasteiger charge is 2.73. The van der Waals surface area contributed by atoms with Gasteiger partial charge in [0.2, 0.25) is 0 Å². The van der Waals surface area contributed by atoms with Crippen LogP contribution in [0, 0.1) is 5.41 Å². The second-order valence-electron chi connectivity index (χ2n) is 10.7. The number of ether oxygens (including phenoxy) is 4. The standard InChI is InChI=1S/C21H40O9/c1-15(2)14(29-17(5,11-22)12(23)19(15,7)27-10)30-21(9)16(3,4)28-13(24)18(6,25)20(21,8)26/h12-14,22-26H,11H2,1-10H3. The first-order valence-corrected chi connectivity index (χ1v) is 10.2. The molecule has 0 radical (unpaired) electrons. The number of methoxy groups -OCH3 is 1. The fourth-order valence-electron chi connectivity index (χ4n) is 4.58. The van der Waals surface area contributed by atoms with Crippen molar-refractivity contribution in [3.63, 3.8) is 0 Å². The smallest absolute Gasteiger partial charge is 0.187 e. The maximum atomic E-state index is 11.5. The third-order valence-corrected chi connectivity index (χ3v) is 8.38. The molecular formula is C21H40O9. The van der Waals surface area contributed by atoms with Gasteiger partial charge in [0.1, 0.15) is 34.1 Å². The van der Waals surface area contributed by atoms with Crippen molar-refractivity contribution in [1.82, 2.24) is 0 Å². The van der Waals surface area contributed by atoms with E-state index >= 15 is 0 Å². The highest BCUT2D eigenvalue weighted by Crippen LogP contribution is 2.56. The van der Waals surface area contributed by atoms with Gasteiger partial charge in [0, 0.05) is 12.5 Å². The van der Waals surface area contributed by atoms with Crippen LogP contribution in [0.25, 0.3) is 0 Å². The summed E-state index contributed by atoms with van der Waals surface area (Å²) in [6.45, 7) is 13.8. The molecule has 2 fully saturated rings. The van der Waals surface area contributed by atoms with Crippen LogP contribution in [0.1, 0.15) is 62.3 Å². The quantitative estimate of drug-likeness (QED) is 0.421. The van der Waals surface area contributed by atoms with Gasteiger partial charge in [0.25, 0.3) is 0 Å². The molecule has 2 aliphatic rings. The van der Waals surface area contributed by atoms with Crippen molar-refractivity contribution < 1.29 is 44.5 Å². The number of aliphatic hydroxyl groups is 5. The zero-order valence-corrected chi connectivity index (χ0v) is 19.8. The monoisotopic (exact) mass is 436 g/mol. The predicted molar refractivity (Wildman–Crippen MR) is 107 cm³/mol. The molecule has 2 saturated heterocycles. The molecule has 8 atom stereocenters. The van der Waals surface area contributed by atoms with E-state index in [4.69, 9.17) is 18.9 Å². The summed E-state index contributed by atoms with van der Waals surface area (Å²) in [6, 6.07) is 0. The molecule has 0 saturated carbocycles. The number of aliphatic hydroxyl groups excluding tert-OH is 3. The Morgan fingerprint density at radius 3 is 1.80 bits per heavy atom. The summed E-state index contributed by atoms with van der Waals surface area (Å²) in [5.41, 5.74) is -10.5. The number of hydrogen-bond acceptors (Lipinski definition) is 9. The lowest BCUT2D eigenvalue weighted by Gasteiger charge is -2.65. The van der Waals surface area contributed by atoms with Crippen molar-refractivity contribution in [2.45, 2.75) is 115 Å². The fourth-order valence-corrected chi connectivity index (χ4v) is 4.58. The van der Waals surface area contributed by atoms with E-state index in [1.54, 1.807) is 48.5 Å². The Bertz CT molecular complexity index is 661. The van der Waals surface area contributed by atoms with Crippen molar-refractivity contribution in [3.05, 3.63) is 0 Å². The van der Waals surface area contributed by atoms with Crippen LogP contribution in [0.3, 0.4) is 0 Å². The predicted octanol–water partition coefficient (Wildman–Crippen LogP) is 0.290. The van der Waals surface area contributed by atoms with Crippen LogP contribution in [0.4, 0.5) is 0 Å². The van der Waals surface area contributed by atoms with Gasteiger partial charge in [-0.2, -0.15) is 0 Å². The van der Waals surface area contributed by atoms with Gasteiger partial charge in [-0.1, -0.05) is 13.8 Å². The van der Waals surface area contributed by atoms with E-state index < -0.39 is 64.3 Å². The van der Waals surface area contributed by atoms with Crippen LogP contribution in [0.15, 0.2) is 0 Å². The van der Waals surface area contributed by atoms with Crippen molar-refractivity contribution in [2.24, 2.45) is 5.41 Å². The fraction of sp³-hybridized carbons (Fsp3) is 1.00. The van der Waals surface area contributed by atoms with Gasteiger partial charge in [0.05, 0.1) is 12.2 Å². The molecule has 0 aromatic heterocycles. The van der Waals surface area contributed by atoms with Gasteiger partial charge in [-0.3, -0.25) is 0 Å². The molecule has 8 unspecified atom stereocenters. The molecule has 2 aliphatic heterocycles. The Hall–Kier alpha value is -0.360. The lowest BCUT2D eigenvalue weighted by molar-refractivity contribution is -0.457. The maximum Gasteiger partial charge on any atom is 0.187 e. The lowest BCUT2D eigenvalue weighted by atomic mass is 9.62. The third-order valence-electron chi connectivity index (χ3n) is 8.38. The number of hydrogen-bond donors (Lipinski definition) is 5. The molecule has 178 valence electrons. The summed E-state index contributed by atoms with van der Waals surface area (Å²) >= 11 is 0. The minimum absolute atomic E-state index is 0.507. The van der Waals surface area contributed by atoms with Gasteiger partial charge in [0.15, 0.2) is 12.6 Å². The minimum Gasteiger partial charge on any atom is -0.393 e. The van der Waals surface area contributed by atoms with Crippen LogP contribution in [-0.2, 0) is 18.9 Å². The normalized spacial score (nSPS) is 53.5. The van der Waals surface area contributed by atoms with E-state index in [-0.39, 0.29) is 0 Å². The molecule has 2 rings (SSSR count). The molecule has 9 heteroatoms. The van der Waals surface area contributed by atoms with Gasteiger partial charge >= 0.3 is 0 Å². The molecule has 0 aliphatic carbocycles. The van der Waals surface area contributed by atoms with Gasteiger partial charge in [-0.05, 0) is 48.5 Å². The Morgan fingerprint density at radius 2 is 1.37 bits per heavy atom. The zero-order valence-electron chi connectivity index (χ0n) is 19.8. The average molecular weight is 437 g/mol. The van der Waals surface area contributed by atoms with E-state index in [0.717, 1.165) is 0 Å². The summed E-state index contributed by atoms with van der Waals surface area (Å²) in [7, 11) is 1.46. The molecule has 9 nitrogen and oxygen atoms in total. The van der Waals surface area contributed by atoms with E-state index in [1.807, 2.05) is 0 Å². The highest BCUT2D eigenvalue weighted by atomic mass is 16.7. The molecule has 30 heavy (non-hydrogen) atoms. The maximum absolute atomic E-state index is 11.5. The first-order chi connectivity index (χ1) is 13.2. The molecule has 0 spiro atoms. The second-order valence-corrected chi connectivity index (χ2v) is 10.7. The number of rotatable bonds is 4. The molecule has 2 heterocycles. The Balaban J connectivity index is 2.62. The van der Waals surface area contributed by atoms with Crippen LogP contribution < -0.4 is 0 Å². The summed E-state index contributed by atoms with van der Waals surface area (Å²) in [5.74, 6) is 0. The third kappa shape index (κ3) is 3.02. The van der Waals surface area contributed by atoms with E-state index in [9.17, 15) is 25.5 Å². The Labute approximate surface area is 178 Å². The average Bonchev–Trinajstić information content (AvgIpc) is 2.62. The second kappa shape index (κ2) is 7.07. The van der Waals surface area contributed by atoms with E-state index in [0.29, 0.717) is 0 Å². The first-order valence-electron chi connectivity index (χ1n) is 10.2. The van der Waals surface area contributed by atoms with Crippen molar-refractivity contribution >= 4 is 0 Å². The van der Waals surface area contributed by atoms with Crippen LogP contribution >= 0.6 is 0 Å². The van der Waals surface area contributed by atoms with Crippen molar-refractivity contribution in [1.29, 1.82) is 0 Å². The Kier molecular flexibility index (Phi) is 6.10. The largest absolute Gasteiger partial charge is 0.393 e. The zero-order chi connectivity index (χ0) is 23.8. The summed E-state index contributed by atoms with van der Waals surface area (Å²) in [6.07, 6.45) is -3.95. The summed E-state index contributed by atoms with van der Waals surface area (Å²) < 4.78 is 23.9. The molecular weight excluding hydrogens is 396 g/mol. The van der Waals surface area contributed by atoms with Crippen molar-refractivity contribution in [2.75, 3.05) is 13.7 Å². The molecule has 5 N–H and O–H groups in total. The van der Waals surface area contributed by atoms with Crippen molar-refractivity contribution in [3.8, 4) is 0 Å². The van der Waals surface area contributed by atoms with E-state index in [2.05, 4.69) is 0 Å². The lowest BCUT2D eigenvalue weighted by Crippen LogP contribution is -2.82. The van der Waals surface area contributed by atoms with Gasteiger partial charge in [-0.15, -0.1) is 0 Å². The Morgan fingerprint density at radius 1 is 0.867 bits per heavy atom. The summed E-state index contributed by atoms with van der Waals surface area (Å²) in [5, 5.41) is 53.6. The van der Waals surface area contributed by atoms with Gasteiger partial charge in [-0.25, -0.2) is 0 Å². The van der Waals surface area contributed by atoms with Crippen LogP contribution in [-0.4, -0.2) is 91.5 Å². The molecule has 0 aromatic carbocycles. The van der Waals surface area contributed by atoms with Gasteiger partial charge < -0.3 is 44.5 Å². The molecule has 0 bridgehead atoms. The molecule has 0 amide bonds. The SMILES string of the molecule is COC1(C)C(O)C(C)(CO)OC(OC2(C)C(C)(C)OC(O)C(C)(O)C2(C)O)C1(C)C. The minimum atomic E-state index is -2.07.